The van der Waals surface area contributed by atoms with Gasteiger partial charge in [0.15, 0.2) is 5.75 Å². The predicted octanol–water partition coefficient (Wildman–Crippen LogP) is 4.42. The highest BCUT2D eigenvalue weighted by Gasteiger charge is 2.12. The third-order valence-corrected chi connectivity index (χ3v) is 4.07. The zero-order chi connectivity index (χ0) is 20.0. The summed E-state index contributed by atoms with van der Waals surface area (Å²) in [4.78, 5) is 21.9. The Kier molecular flexibility index (Phi) is 7.05. The Morgan fingerprint density at radius 3 is 2.37 bits per heavy atom. The van der Waals surface area contributed by atoms with E-state index in [1.165, 1.54) is 6.92 Å². The van der Waals surface area contributed by atoms with Gasteiger partial charge in [-0.3, -0.25) is 9.59 Å². The first-order chi connectivity index (χ1) is 12.8. The Morgan fingerprint density at radius 1 is 1.15 bits per heavy atom. The molecule has 2 aromatic rings. The number of benzene rings is 2. The topological polar surface area (TPSA) is 99.4 Å². The van der Waals surface area contributed by atoms with E-state index in [-0.39, 0.29) is 34.7 Å². The van der Waals surface area contributed by atoms with Crippen LogP contribution in [0.1, 0.15) is 30.0 Å². The lowest BCUT2D eigenvalue weighted by Crippen LogP contribution is -2.07. The quantitative estimate of drug-likeness (QED) is 0.708. The number of rotatable bonds is 7. The van der Waals surface area contributed by atoms with E-state index in [1.54, 1.807) is 30.3 Å². The molecule has 0 unspecified atom stereocenters. The number of carbonyl (C=O) groups is 2. The average molecular weight is 407 g/mol. The summed E-state index contributed by atoms with van der Waals surface area (Å²) >= 11 is 12.4. The fourth-order valence-corrected chi connectivity index (χ4v) is 3.06. The Bertz CT molecular complexity index is 899. The number of nitrogens with zero attached hydrogens (tertiary/aromatic N) is 1. The molecule has 140 valence electrons. The van der Waals surface area contributed by atoms with Gasteiger partial charge in [0, 0.05) is 19.0 Å². The highest BCUT2D eigenvalue weighted by atomic mass is 35.5. The molecule has 0 aromatic heterocycles. The van der Waals surface area contributed by atoms with Crippen LogP contribution in [0.2, 0.25) is 10.0 Å². The van der Waals surface area contributed by atoms with E-state index in [2.05, 4.69) is 5.32 Å². The minimum absolute atomic E-state index is 0.0280. The number of halogens is 2. The van der Waals surface area contributed by atoms with Crippen molar-refractivity contribution in [1.29, 1.82) is 5.26 Å². The van der Waals surface area contributed by atoms with Gasteiger partial charge in [-0.1, -0.05) is 23.2 Å². The van der Waals surface area contributed by atoms with Crippen LogP contribution in [0.15, 0.2) is 30.3 Å². The molecule has 8 heteroatoms. The number of ether oxygens (including phenoxy) is 1. The standard InChI is InChI=1S/C19H16Cl2N2O4/c1-11(24)23-15-5-13(9-22)4-14(6-15)10-27-19-16(20)7-12(8-17(19)21)2-3-18(25)26/h4-8H,2-3,10H2,1H3,(H,23,24)(H,25,26). The molecule has 6 nitrogen and oxygen atoms in total. The van der Waals surface area contributed by atoms with E-state index in [1.807, 2.05) is 6.07 Å². The van der Waals surface area contributed by atoms with E-state index in [0.717, 1.165) is 0 Å². The van der Waals surface area contributed by atoms with Gasteiger partial charge in [-0.2, -0.15) is 5.26 Å². The number of carbonyl (C=O) groups excluding carboxylic acids is 1. The molecule has 2 aromatic carbocycles. The van der Waals surface area contributed by atoms with Crippen LogP contribution in [0.3, 0.4) is 0 Å². The van der Waals surface area contributed by atoms with Gasteiger partial charge in [0.1, 0.15) is 6.61 Å². The molecule has 0 atom stereocenters. The maximum absolute atomic E-state index is 11.2. The molecule has 0 saturated carbocycles. The van der Waals surface area contributed by atoms with Gasteiger partial charge in [-0.15, -0.1) is 0 Å². The lowest BCUT2D eigenvalue weighted by Gasteiger charge is -2.13. The molecule has 2 N–H and O–H groups in total. The van der Waals surface area contributed by atoms with Gasteiger partial charge in [0.2, 0.25) is 5.91 Å². The largest absolute Gasteiger partial charge is 0.486 e. The van der Waals surface area contributed by atoms with Crippen molar-refractivity contribution in [3.8, 4) is 11.8 Å². The van der Waals surface area contributed by atoms with E-state index in [4.69, 9.17) is 38.3 Å². The fourth-order valence-electron chi connectivity index (χ4n) is 2.42. The van der Waals surface area contributed by atoms with Crippen molar-refractivity contribution in [3.05, 3.63) is 57.1 Å². The van der Waals surface area contributed by atoms with Crippen molar-refractivity contribution in [2.45, 2.75) is 26.4 Å². The SMILES string of the molecule is CC(=O)Nc1cc(C#N)cc(COc2c(Cl)cc(CCC(=O)O)cc2Cl)c1. The summed E-state index contributed by atoms with van der Waals surface area (Å²) in [7, 11) is 0. The summed E-state index contributed by atoms with van der Waals surface area (Å²) < 4.78 is 5.69. The first-order valence-corrected chi connectivity index (χ1v) is 8.68. The molecule has 0 heterocycles. The number of hydrogen-bond donors (Lipinski definition) is 2. The molecule has 0 spiro atoms. The van der Waals surface area contributed by atoms with Crippen LogP contribution < -0.4 is 10.1 Å². The minimum atomic E-state index is -0.907. The van der Waals surface area contributed by atoms with Crippen molar-refractivity contribution in [3.63, 3.8) is 0 Å². The molecule has 0 bridgehead atoms. The second-order valence-corrected chi connectivity index (χ2v) is 6.60. The van der Waals surface area contributed by atoms with Gasteiger partial charge >= 0.3 is 5.97 Å². The maximum atomic E-state index is 11.2. The number of carboxylic acids is 1. The van der Waals surface area contributed by atoms with Gasteiger partial charge in [0.05, 0.1) is 21.7 Å². The van der Waals surface area contributed by atoms with Crippen LogP contribution in [-0.2, 0) is 22.6 Å². The van der Waals surface area contributed by atoms with Crippen LogP contribution in [-0.4, -0.2) is 17.0 Å². The zero-order valence-electron chi connectivity index (χ0n) is 14.4. The Morgan fingerprint density at radius 2 is 1.81 bits per heavy atom. The highest BCUT2D eigenvalue weighted by molar-refractivity contribution is 6.37. The minimum Gasteiger partial charge on any atom is -0.486 e. The molecular formula is C19H16Cl2N2O4. The second-order valence-electron chi connectivity index (χ2n) is 5.78. The highest BCUT2D eigenvalue weighted by Crippen LogP contribution is 2.35. The van der Waals surface area contributed by atoms with E-state index >= 15 is 0 Å². The average Bonchev–Trinajstić information content (AvgIpc) is 2.58. The molecule has 0 aliphatic carbocycles. The number of nitrogens with one attached hydrogen (secondary N) is 1. The van der Waals surface area contributed by atoms with Crippen molar-refractivity contribution in [2.75, 3.05) is 5.32 Å². The number of aliphatic carboxylic acids is 1. The number of aryl methyl sites for hydroxylation is 1. The Labute approximate surface area is 166 Å². The monoisotopic (exact) mass is 406 g/mol. The van der Waals surface area contributed by atoms with Crippen LogP contribution >= 0.6 is 23.2 Å². The molecule has 0 saturated heterocycles. The summed E-state index contributed by atoms with van der Waals surface area (Å²) in [5.74, 6) is -0.893. The molecule has 1 amide bonds. The van der Waals surface area contributed by atoms with Crippen molar-refractivity contribution in [2.24, 2.45) is 0 Å². The van der Waals surface area contributed by atoms with E-state index in [9.17, 15) is 9.59 Å². The molecule has 27 heavy (non-hydrogen) atoms. The number of hydrogen-bond acceptors (Lipinski definition) is 4. The molecule has 0 aliphatic heterocycles. The van der Waals surface area contributed by atoms with Crippen LogP contribution in [0.5, 0.6) is 5.75 Å². The third kappa shape index (κ3) is 6.17. The maximum Gasteiger partial charge on any atom is 0.303 e. The summed E-state index contributed by atoms with van der Waals surface area (Å²) in [5, 5.41) is 21.0. The molecule has 2 rings (SSSR count). The normalized spacial score (nSPS) is 10.1. The predicted molar refractivity (Wildman–Crippen MR) is 102 cm³/mol. The van der Waals surface area contributed by atoms with E-state index in [0.29, 0.717) is 28.8 Å². The molecular weight excluding hydrogens is 391 g/mol. The zero-order valence-corrected chi connectivity index (χ0v) is 15.9. The number of amides is 1. The Balaban J connectivity index is 2.17. The number of nitriles is 1. The van der Waals surface area contributed by atoms with Gasteiger partial charge in [-0.05, 0) is 47.9 Å². The van der Waals surface area contributed by atoms with Crippen molar-refractivity contribution >= 4 is 40.8 Å². The van der Waals surface area contributed by atoms with E-state index < -0.39 is 5.97 Å². The summed E-state index contributed by atoms with van der Waals surface area (Å²) in [5.41, 5.74) is 2.21. The lowest BCUT2D eigenvalue weighted by atomic mass is 10.1. The fraction of sp³-hybridized carbons (Fsp3) is 0.211. The number of anilines is 1. The summed E-state index contributed by atoms with van der Waals surface area (Å²) in [6, 6.07) is 10.1. The first kappa shape index (κ1) is 20.6. The van der Waals surface area contributed by atoms with Crippen LogP contribution in [0, 0.1) is 11.3 Å². The molecule has 0 fully saturated rings. The summed E-state index contributed by atoms with van der Waals surface area (Å²) in [6.07, 6.45) is 0.277. The van der Waals surface area contributed by atoms with Gasteiger partial charge in [-0.25, -0.2) is 0 Å². The third-order valence-electron chi connectivity index (χ3n) is 3.51. The molecule has 0 aliphatic rings. The Hall–Kier alpha value is -2.75. The first-order valence-electron chi connectivity index (χ1n) is 7.92. The van der Waals surface area contributed by atoms with Crippen molar-refractivity contribution < 1.29 is 19.4 Å². The van der Waals surface area contributed by atoms with Crippen molar-refractivity contribution in [1.82, 2.24) is 0 Å². The van der Waals surface area contributed by atoms with Crippen LogP contribution in [0.25, 0.3) is 0 Å². The van der Waals surface area contributed by atoms with Gasteiger partial charge in [0.25, 0.3) is 0 Å². The summed E-state index contributed by atoms with van der Waals surface area (Å²) in [6.45, 7) is 1.46. The lowest BCUT2D eigenvalue weighted by molar-refractivity contribution is -0.137. The second kappa shape index (κ2) is 9.26. The smallest absolute Gasteiger partial charge is 0.303 e. The number of carboxylic acid groups (broad SMARTS) is 1. The van der Waals surface area contributed by atoms with Gasteiger partial charge < -0.3 is 15.2 Å². The molecule has 0 radical (unpaired) electrons. The van der Waals surface area contributed by atoms with Crippen LogP contribution in [0.4, 0.5) is 5.69 Å².